The van der Waals surface area contributed by atoms with Crippen LogP contribution in [0.1, 0.15) is 36.9 Å². The summed E-state index contributed by atoms with van der Waals surface area (Å²) in [6.45, 7) is 6.84. The summed E-state index contributed by atoms with van der Waals surface area (Å²) in [6.07, 6.45) is -0.204. The van der Waals surface area contributed by atoms with E-state index in [1.165, 1.54) is 12.1 Å². The summed E-state index contributed by atoms with van der Waals surface area (Å²) in [5, 5.41) is 9.50. The van der Waals surface area contributed by atoms with Crippen molar-refractivity contribution in [3.05, 3.63) is 71.3 Å². The Morgan fingerprint density at radius 2 is 1.92 bits per heavy atom. The lowest BCUT2D eigenvalue weighted by Crippen LogP contribution is -2.12. The predicted molar refractivity (Wildman–Crippen MR) is 102 cm³/mol. The Morgan fingerprint density at radius 3 is 2.62 bits per heavy atom. The van der Waals surface area contributed by atoms with E-state index in [1.54, 1.807) is 23.9 Å². The van der Waals surface area contributed by atoms with Gasteiger partial charge in [-0.25, -0.2) is 4.39 Å². The van der Waals surface area contributed by atoms with Gasteiger partial charge in [-0.3, -0.25) is 0 Å². The van der Waals surface area contributed by atoms with Crippen molar-refractivity contribution in [3.63, 3.8) is 0 Å². The smallest absolute Gasteiger partial charge is 0.191 e. The monoisotopic (exact) mass is 371 g/mol. The van der Waals surface area contributed by atoms with Crippen LogP contribution in [0.2, 0.25) is 0 Å². The molecule has 0 fully saturated rings. The van der Waals surface area contributed by atoms with Crippen molar-refractivity contribution in [3.8, 4) is 5.75 Å². The van der Waals surface area contributed by atoms with Gasteiger partial charge >= 0.3 is 0 Å². The van der Waals surface area contributed by atoms with Gasteiger partial charge in [0.1, 0.15) is 11.6 Å². The normalized spacial score (nSPS) is 12.2. The van der Waals surface area contributed by atoms with Crippen LogP contribution in [0.15, 0.2) is 53.7 Å². The standard InChI is InChI=1S/C20H22FN3OS/c1-4-24-19(15(3)25-18-7-5-6-14(2)12-18)22-23-20(24)26-13-16-8-10-17(21)11-9-16/h5-12,15H,4,13H2,1-3H3. The fraction of sp³-hybridized carbons (Fsp3) is 0.300. The molecule has 0 aliphatic heterocycles. The third-order valence-electron chi connectivity index (χ3n) is 4.01. The van der Waals surface area contributed by atoms with E-state index in [0.29, 0.717) is 5.75 Å². The average molecular weight is 371 g/mol. The highest BCUT2D eigenvalue weighted by Gasteiger charge is 2.18. The first-order valence-electron chi connectivity index (χ1n) is 8.60. The molecule has 0 saturated heterocycles. The number of benzene rings is 2. The minimum atomic E-state index is -0.222. The largest absolute Gasteiger partial charge is 0.483 e. The fourth-order valence-corrected chi connectivity index (χ4v) is 3.64. The van der Waals surface area contributed by atoms with Crippen LogP contribution in [0.3, 0.4) is 0 Å². The van der Waals surface area contributed by atoms with Crippen LogP contribution in [-0.2, 0) is 12.3 Å². The molecule has 4 nitrogen and oxygen atoms in total. The molecule has 136 valence electrons. The number of thioether (sulfide) groups is 1. The lowest BCUT2D eigenvalue weighted by atomic mass is 10.2. The van der Waals surface area contributed by atoms with Gasteiger partial charge in [0.2, 0.25) is 0 Å². The first-order valence-corrected chi connectivity index (χ1v) is 9.59. The van der Waals surface area contributed by atoms with Crippen molar-refractivity contribution in [1.82, 2.24) is 14.8 Å². The number of halogens is 1. The van der Waals surface area contributed by atoms with Gasteiger partial charge in [0, 0.05) is 12.3 Å². The minimum Gasteiger partial charge on any atom is -0.483 e. The van der Waals surface area contributed by atoms with Crippen molar-refractivity contribution in [2.75, 3.05) is 0 Å². The SMILES string of the molecule is CCn1c(SCc2ccc(F)cc2)nnc1C(C)Oc1cccc(C)c1. The van der Waals surface area contributed by atoms with E-state index < -0.39 is 0 Å². The molecule has 0 aliphatic rings. The maximum atomic E-state index is 13.0. The molecule has 2 aromatic carbocycles. The minimum absolute atomic E-state index is 0.204. The van der Waals surface area contributed by atoms with Gasteiger partial charge in [0.05, 0.1) is 0 Å². The molecule has 6 heteroatoms. The number of rotatable bonds is 7. The van der Waals surface area contributed by atoms with E-state index in [9.17, 15) is 4.39 Å². The fourth-order valence-electron chi connectivity index (χ4n) is 2.68. The Kier molecular flexibility index (Phi) is 5.93. The molecule has 1 aromatic heterocycles. The third-order valence-corrected chi connectivity index (χ3v) is 5.05. The molecular formula is C20H22FN3OS. The van der Waals surface area contributed by atoms with Gasteiger partial charge in [-0.05, 0) is 56.2 Å². The van der Waals surface area contributed by atoms with Gasteiger partial charge in [0.25, 0.3) is 0 Å². The maximum Gasteiger partial charge on any atom is 0.191 e. The lowest BCUT2D eigenvalue weighted by Gasteiger charge is -2.16. The molecule has 26 heavy (non-hydrogen) atoms. The summed E-state index contributed by atoms with van der Waals surface area (Å²) in [5.74, 6) is 2.12. The number of aromatic nitrogens is 3. The van der Waals surface area contributed by atoms with Gasteiger partial charge in [-0.15, -0.1) is 10.2 Å². The number of hydrogen-bond donors (Lipinski definition) is 0. The van der Waals surface area contributed by atoms with Crippen LogP contribution in [0.4, 0.5) is 4.39 Å². The summed E-state index contributed by atoms with van der Waals surface area (Å²) in [5.41, 5.74) is 2.20. The first-order chi connectivity index (χ1) is 12.6. The Bertz CT molecular complexity index is 864. The van der Waals surface area contributed by atoms with Crippen molar-refractivity contribution in [2.24, 2.45) is 0 Å². The number of hydrogen-bond acceptors (Lipinski definition) is 4. The van der Waals surface area contributed by atoms with Gasteiger partial charge in [-0.2, -0.15) is 0 Å². The number of nitrogens with zero attached hydrogens (tertiary/aromatic N) is 3. The Balaban J connectivity index is 1.71. The van der Waals surface area contributed by atoms with Gasteiger partial charge < -0.3 is 9.30 Å². The topological polar surface area (TPSA) is 39.9 Å². The highest BCUT2D eigenvalue weighted by atomic mass is 32.2. The third kappa shape index (κ3) is 4.43. The van der Waals surface area contributed by atoms with E-state index in [2.05, 4.69) is 21.7 Å². The summed E-state index contributed by atoms with van der Waals surface area (Å²) in [6, 6.07) is 14.5. The van der Waals surface area contributed by atoms with Crippen LogP contribution in [0.25, 0.3) is 0 Å². The second-order valence-electron chi connectivity index (χ2n) is 6.08. The molecule has 0 N–H and O–H groups in total. The van der Waals surface area contributed by atoms with E-state index in [-0.39, 0.29) is 11.9 Å². The molecule has 0 spiro atoms. The zero-order valence-electron chi connectivity index (χ0n) is 15.1. The second-order valence-corrected chi connectivity index (χ2v) is 7.02. The van der Waals surface area contributed by atoms with Crippen molar-refractivity contribution < 1.29 is 9.13 Å². The van der Waals surface area contributed by atoms with Crippen molar-refractivity contribution in [1.29, 1.82) is 0 Å². The van der Waals surface area contributed by atoms with Crippen LogP contribution in [0.5, 0.6) is 5.75 Å². The zero-order valence-corrected chi connectivity index (χ0v) is 16.0. The van der Waals surface area contributed by atoms with E-state index >= 15 is 0 Å². The molecule has 0 amide bonds. The summed E-state index contributed by atoms with van der Waals surface area (Å²) in [7, 11) is 0. The lowest BCUT2D eigenvalue weighted by molar-refractivity contribution is 0.210. The van der Waals surface area contributed by atoms with E-state index in [1.807, 2.05) is 38.1 Å². The highest BCUT2D eigenvalue weighted by Crippen LogP contribution is 2.26. The Morgan fingerprint density at radius 1 is 1.15 bits per heavy atom. The summed E-state index contributed by atoms with van der Waals surface area (Å²) in [4.78, 5) is 0. The van der Waals surface area contributed by atoms with Crippen LogP contribution in [0, 0.1) is 12.7 Å². The second kappa shape index (κ2) is 8.36. The Labute approximate surface area is 157 Å². The molecule has 3 rings (SSSR count). The highest BCUT2D eigenvalue weighted by molar-refractivity contribution is 7.98. The van der Waals surface area contributed by atoms with Crippen LogP contribution >= 0.6 is 11.8 Å². The molecule has 0 aliphatic carbocycles. The molecule has 1 atom stereocenters. The molecule has 0 bridgehead atoms. The van der Waals surface area contributed by atoms with Crippen LogP contribution in [-0.4, -0.2) is 14.8 Å². The molecule has 1 heterocycles. The van der Waals surface area contributed by atoms with Crippen molar-refractivity contribution >= 4 is 11.8 Å². The van der Waals surface area contributed by atoms with E-state index in [0.717, 1.165) is 34.4 Å². The molecule has 0 saturated carbocycles. The molecule has 3 aromatic rings. The summed E-state index contributed by atoms with van der Waals surface area (Å²) >= 11 is 1.59. The van der Waals surface area contributed by atoms with E-state index in [4.69, 9.17) is 4.74 Å². The number of aryl methyl sites for hydroxylation is 1. The van der Waals surface area contributed by atoms with Crippen LogP contribution < -0.4 is 4.74 Å². The van der Waals surface area contributed by atoms with Crippen molar-refractivity contribution in [2.45, 2.75) is 44.3 Å². The average Bonchev–Trinajstić information content (AvgIpc) is 3.04. The molecule has 1 unspecified atom stereocenters. The van der Waals surface area contributed by atoms with Gasteiger partial charge in [-0.1, -0.05) is 36.0 Å². The van der Waals surface area contributed by atoms with Gasteiger partial charge in [0.15, 0.2) is 17.1 Å². The predicted octanol–water partition coefficient (Wildman–Crippen LogP) is 5.18. The first kappa shape index (κ1) is 18.5. The maximum absolute atomic E-state index is 13.0. The summed E-state index contributed by atoms with van der Waals surface area (Å²) < 4.78 is 21.1. The molecule has 0 radical (unpaired) electrons. The number of ether oxygens (including phenoxy) is 1. The molecular weight excluding hydrogens is 349 g/mol. The quantitative estimate of drug-likeness (QED) is 0.537. The Hall–Kier alpha value is -2.34. The zero-order chi connectivity index (χ0) is 18.5.